The van der Waals surface area contributed by atoms with Crippen LogP contribution >= 0.6 is 0 Å². The summed E-state index contributed by atoms with van der Waals surface area (Å²) in [6, 6.07) is 47.2. The molecular formula is C47H35N3O2. The first-order valence-corrected chi connectivity index (χ1v) is 18.2. The van der Waals surface area contributed by atoms with E-state index in [9.17, 15) is 0 Å². The number of hydrogen-bond donors (Lipinski definition) is 1. The molecule has 4 unspecified atom stereocenters. The highest BCUT2D eigenvalue weighted by Gasteiger charge is 2.51. The number of ether oxygens (including phenoxy) is 2. The molecule has 5 heteroatoms. The molecular weight excluding hydrogens is 639 g/mol. The van der Waals surface area contributed by atoms with Gasteiger partial charge in [0, 0.05) is 63.8 Å². The summed E-state index contributed by atoms with van der Waals surface area (Å²) in [4.78, 5) is 7.13. The highest BCUT2D eigenvalue weighted by atomic mass is 16.5. The molecule has 4 atom stereocenters. The number of aromatic nitrogens is 1. The molecule has 52 heavy (non-hydrogen) atoms. The monoisotopic (exact) mass is 673 g/mol. The number of allylic oxidation sites excluding steroid dienone is 2. The summed E-state index contributed by atoms with van der Waals surface area (Å²) in [5.74, 6) is 3.98. The normalized spacial score (nSPS) is 23.1. The molecule has 0 radical (unpaired) electrons. The lowest BCUT2D eigenvalue weighted by atomic mass is 9.62. The van der Waals surface area contributed by atoms with E-state index in [-0.39, 0.29) is 12.1 Å². The molecule has 1 spiro atoms. The Morgan fingerprint density at radius 3 is 2.12 bits per heavy atom. The van der Waals surface area contributed by atoms with E-state index in [0.717, 1.165) is 69.5 Å². The van der Waals surface area contributed by atoms with Crippen LogP contribution in [0.3, 0.4) is 0 Å². The summed E-state index contributed by atoms with van der Waals surface area (Å²) in [5, 5.41) is 3.78. The van der Waals surface area contributed by atoms with Gasteiger partial charge in [-0.2, -0.15) is 0 Å². The van der Waals surface area contributed by atoms with Gasteiger partial charge in [-0.1, -0.05) is 103 Å². The van der Waals surface area contributed by atoms with Crippen molar-refractivity contribution in [1.29, 1.82) is 0 Å². The van der Waals surface area contributed by atoms with E-state index >= 15 is 0 Å². The Bertz CT molecular complexity index is 2470. The lowest BCUT2D eigenvalue weighted by molar-refractivity contribution is 0.399. The van der Waals surface area contributed by atoms with Crippen LogP contribution in [0.25, 0.3) is 11.3 Å². The summed E-state index contributed by atoms with van der Waals surface area (Å²) in [6.45, 7) is 0.880. The lowest BCUT2D eigenvalue weighted by Gasteiger charge is -2.45. The van der Waals surface area contributed by atoms with Gasteiger partial charge < -0.3 is 14.4 Å². The second-order valence-electron chi connectivity index (χ2n) is 14.2. The number of rotatable bonds is 3. The fraction of sp³-hybridized carbons (Fsp3) is 0.128. The molecule has 6 aromatic rings. The Labute approximate surface area is 303 Å². The van der Waals surface area contributed by atoms with Gasteiger partial charge in [0.15, 0.2) is 0 Å². The second kappa shape index (κ2) is 11.4. The lowest BCUT2D eigenvalue weighted by Crippen LogP contribution is -2.47. The van der Waals surface area contributed by atoms with E-state index in [1.54, 1.807) is 0 Å². The number of pyridine rings is 1. The largest absolute Gasteiger partial charge is 0.457 e. The van der Waals surface area contributed by atoms with Crippen molar-refractivity contribution in [2.45, 2.75) is 23.9 Å². The van der Waals surface area contributed by atoms with Gasteiger partial charge in [-0.15, -0.1) is 0 Å². The molecule has 0 bridgehead atoms. The molecule has 11 rings (SSSR count). The van der Waals surface area contributed by atoms with Gasteiger partial charge in [0.25, 0.3) is 0 Å². The predicted octanol–water partition coefficient (Wildman–Crippen LogP) is 10.3. The van der Waals surface area contributed by atoms with Crippen molar-refractivity contribution in [1.82, 2.24) is 10.3 Å². The smallest absolute Gasteiger partial charge is 0.132 e. The van der Waals surface area contributed by atoms with E-state index in [4.69, 9.17) is 9.47 Å². The Balaban J connectivity index is 1.05. The molecule has 0 saturated heterocycles. The number of para-hydroxylation sites is 3. The summed E-state index contributed by atoms with van der Waals surface area (Å²) >= 11 is 0. The molecule has 5 aliphatic rings. The summed E-state index contributed by atoms with van der Waals surface area (Å²) in [6.07, 6.45) is 12.4. The fourth-order valence-corrected chi connectivity index (χ4v) is 9.34. The fourth-order valence-electron chi connectivity index (χ4n) is 9.34. The van der Waals surface area contributed by atoms with E-state index < -0.39 is 5.41 Å². The zero-order valence-corrected chi connectivity index (χ0v) is 28.4. The van der Waals surface area contributed by atoms with E-state index in [0.29, 0.717) is 5.92 Å². The van der Waals surface area contributed by atoms with Gasteiger partial charge in [0.1, 0.15) is 23.0 Å². The first-order valence-electron chi connectivity index (χ1n) is 18.2. The maximum absolute atomic E-state index is 6.89. The average molecular weight is 674 g/mol. The maximum Gasteiger partial charge on any atom is 0.132 e. The first kappa shape index (κ1) is 29.5. The SMILES string of the molecule is C1=CC2C3=C(C=CC(c4ccc5c(c4)Oc4ccccc4C54c5ccccc5Oc5cc(-c6ccccn6)ccc54)C3)N(c3ccccc3)C2NC1. The van der Waals surface area contributed by atoms with Gasteiger partial charge in [0.2, 0.25) is 0 Å². The van der Waals surface area contributed by atoms with Gasteiger partial charge in [-0.05, 0) is 72.2 Å². The second-order valence-corrected chi connectivity index (χ2v) is 14.2. The Morgan fingerprint density at radius 2 is 1.35 bits per heavy atom. The Kier molecular flexibility index (Phi) is 6.49. The van der Waals surface area contributed by atoms with Gasteiger partial charge in [0.05, 0.1) is 17.3 Å². The molecule has 0 saturated carbocycles. The standard InChI is InChI=1S/C47H35N3O2/c1-2-11-33(12-3-1)50-41-24-21-30(27-35(41)34-13-10-26-49-46(34)50)31-19-22-38-44(28-31)51-42-17-6-4-14-36(42)47(38)37-15-5-7-18-43(37)52-45-29-32(20-23-39(45)47)40-16-8-9-25-48-40/h1-25,28-30,34,46,49H,26-27H2. The van der Waals surface area contributed by atoms with Crippen LogP contribution in [0.2, 0.25) is 0 Å². The van der Waals surface area contributed by atoms with Crippen molar-refractivity contribution in [2.24, 2.45) is 5.92 Å². The van der Waals surface area contributed by atoms with Crippen LogP contribution in [0.5, 0.6) is 23.0 Å². The van der Waals surface area contributed by atoms with Crippen molar-refractivity contribution < 1.29 is 9.47 Å². The zero-order valence-electron chi connectivity index (χ0n) is 28.4. The van der Waals surface area contributed by atoms with E-state index in [1.807, 2.05) is 24.4 Å². The van der Waals surface area contributed by atoms with Crippen LogP contribution in [0.4, 0.5) is 5.69 Å². The molecule has 0 fully saturated rings. The molecule has 5 nitrogen and oxygen atoms in total. The third kappa shape index (κ3) is 4.23. The molecule has 4 aliphatic heterocycles. The highest BCUT2D eigenvalue weighted by Crippen LogP contribution is 2.62. The number of anilines is 1. The van der Waals surface area contributed by atoms with Gasteiger partial charge in [-0.3, -0.25) is 10.3 Å². The first-order chi connectivity index (χ1) is 25.8. The Hall–Kier alpha value is -6.17. The molecule has 1 N–H and O–H groups in total. The quantitative estimate of drug-likeness (QED) is 0.189. The van der Waals surface area contributed by atoms with Crippen LogP contribution in [-0.2, 0) is 5.41 Å². The van der Waals surface area contributed by atoms with Crippen LogP contribution < -0.4 is 19.7 Å². The van der Waals surface area contributed by atoms with Gasteiger partial charge >= 0.3 is 0 Å². The third-order valence-corrected chi connectivity index (χ3v) is 11.6. The number of hydrogen-bond acceptors (Lipinski definition) is 5. The third-order valence-electron chi connectivity index (χ3n) is 11.6. The predicted molar refractivity (Wildman–Crippen MR) is 205 cm³/mol. The highest BCUT2D eigenvalue weighted by molar-refractivity contribution is 5.77. The number of fused-ring (bicyclic) bond motifs is 10. The van der Waals surface area contributed by atoms with Crippen molar-refractivity contribution >= 4 is 5.69 Å². The number of benzene rings is 5. The molecule has 250 valence electrons. The van der Waals surface area contributed by atoms with Crippen molar-refractivity contribution in [3.05, 3.63) is 203 Å². The van der Waals surface area contributed by atoms with Crippen molar-refractivity contribution in [3.8, 4) is 34.3 Å². The van der Waals surface area contributed by atoms with Crippen LogP contribution in [-0.4, -0.2) is 17.7 Å². The van der Waals surface area contributed by atoms with E-state index in [1.165, 1.54) is 22.5 Å². The topological polar surface area (TPSA) is 46.6 Å². The molecule has 0 amide bonds. The van der Waals surface area contributed by atoms with Gasteiger partial charge in [-0.25, -0.2) is 0 Å². The summed E-state index contributed by atoms with van der Waals surface area (Å²) in [5.41, 5.74) is 11.0. The number of nitrogens with zero attached hydrogens (tertiary/aromatic N) is 2. The molecule has 1 aromatic heterocycles. The van der Waals surface area contributed by atoms with E-state index in [2.05, 4.69) is 155 Å². The van der Waals surface area contributed by atoms with Crippen molar-refractivity contribution in [3.63, 3.8) is 0 Å². The van der Waals surface area contributed by atoms with Crippen LogP contribution in [0, 0.1) is 5.92 Å². The summed E-state index contributed by atoms with van der Waals surface area (Å²) < 4.78 is 13.6. The van der Waals surface area contributed by atoms with Crippen LogP contribution in [0.15, 0.2) is 175 Å². The minimum absolute atomic E-state index is 0.218. The van der Waals surface area contributed by atoms with Crippen LogP contribution in [0.1, 0.15) is 40.2 Å². The Morgan fingerprint density at radius 1 is 0.654 bits per heavy atom. The van der Waals surface area contributed by atoms with Crippen molar-refractivity contribution in [2.75, 3.05) is 11.4 Å². The zero-order chi connectivity index (χ0) is 34.2. The minimum Gasteiger partial charge on any atom is -0.457 e. The molecule has 5 aromatic carbocycles. The maximum atomic E-state index is 6.89. The number of nitrogens with one attached hydrogen (secondary N) is 1. The molecule has 1 aliphatic carbocycles. The summed E-state index contributed by atoms with van der Waals surface area (Å²) in [7, 11) is 0. The minimum atomic E-state index is -0.638. The molecule has 5 heterocycles. The average Bonchev–Trinajstić information content (AvgIpc) is 3.55.